The van der Waals surface area contributed by atoms with Crippen molar-refractivity contribution >= 4 is 0 Å². The van der Waals surface area contributed by atoms with Crippen molar-refractivity contribution in [2.24, 2.45) is 0 Å². The first kappa shape index (κ1) is 13.6. The van der Waals surface area contributed by atoms with Crippen LogP contribution in [0.15, 0.2) is 54.9 Å². The fraction of sp³-hybridized carbons (Fsp3) is 0.167. The number of benzene rings is 1. The first-order chi connectivity index (χ1) is 10.1. The average molecular weight is 280 g/mol. The van der Waals surface area contributed by atoms with E-state index in [0.29, 0.717) is 5.92 Å². The number of hydrogen-bond donors (Lipinski definition) is 1. The van der Waals surface area contributed by atoms with Crippen LogP contribution in [0, 0.1) is 5.82 Å². The van der Waals surface area contributed by atoms with Gasteiger partial charge in [-0.15, -0.1) is 0 Å². The van der Waals surface area contributed by atoms with Gasteiger partial charge in [0.1, 0.15) is 5.82 Å². The number of halogens is 1. The summed E-state index contributed by atoms with van der Waals surface area (Å²) in [5, 5.41) is 0. The first-order valence-corrected chi connectivity index (χ1v) is 7.04. The van der Waals surface area contributed by atoms with Crippen LogP contribution in [0.3, 0.4) is 0 Å². The number of aromatic amines is 1. The fourth-order valence-electron chi connectivity index (χ4n) is 2.39. The number of pyridine rings is 1. The van der Waals surface area contributed by atoms with Crippen LogP contribution >= 0.6 is 0 Å². The number of aromatic nitrogens is 2. The molecule has 2 aromatic heterocycles. The van der Waals surface area contributed by atoms with Crippen LogP contribution < -0.4 is 0 Å². The summed E-state index contributed by atoms with van der Waals surface area (Å²) < 4.78 is 13.1. The minimum absolute atomic E-state index is 0.222. The molecule has 1 aromatic carbocycles. The summed E-state index contributed by atoms with van der Waals surface area (Å²) in [6.45, 7) is 4.30. The number of rotatable bonds is 3. The highest BCUT2D eigenvalue weighted by Gasteiger charge is 2.13. The second-order valence-electron chi connectivity index (χ2n) is 5.41. The monoisotopic (exact) mass is 280 g/mol. The Hall–Kier alpha value is -2.42. The Labute approximate surface area is 123 Å². The van der Waals surface area contributed by atoms with Crippen LogP contribution in [0.1, 0.15) is 25.5 Å². The van der Waals surface area contributed by atoms with Crippen molar-refractivity contribution in [1.29, 1.82) is 0 Å². The third-order valence-corrected chi connectivity index (χ3v) is 3.58. The smallest absolute Gasteiger partial charge is 0.123 e. The van der Waals surface area contributed by atoms with Crippen LogP contribution in [0.5, 0.6) is 0 Å². The molecule has 0 bridgehead atoms. The summed E-state index contributed by atoms with van der Waals surface area (Å²) in [5.41, 5.74) is 5.39. The van der Waals surface area contributed by atoms with Crippen molar-refractivity contribution in [3.8, 4) is 22.4 Å². The molecule has 0 fully saturated rings. The molecule has 0 atom stereocenters. The molecule has 2 heterocycles. The van der Waals surface area contributed by atoms with Crippen molar-refractivity contribution in [2.75, 3.05) is 0 Å². The lowest BCUT2D eigenvalue weighted by Crippen LogP contribution is -1.87. The van der Waals surface area contributed by atoms with Gasteiger partial charge in [-0.3, -0.25) is 4.98 Å². The molecule has 1 N–H and O–H groups in total. The number of nitrogens with one attached hydrogen (secondary N) is 1. The van der Waals surface area contributed by atoms with Crippen molar-refractivity contribution in [2.45, 2.75) is 19.8 Å². The predicted molar refractivity (Wildman–Crippen MR) is 83.5 cm³/mol. The molecule has 0 aliphatic rings. The van der Waals surface area contributed by atoms with Crippen molar-refractivity contribution in [3.05, 3.63) is 66.4 Å². The van der Waals surface area contributed by atoms with Gasteiger partial charge < -0.3 is 4.98 Å². The minimum Gasteiger partial charge on any atom is -0.358 e. The maximum atomic E-state index is 13.1. The summed E-state index contributed by atoms with van der Waals surface area (Å²) in [6, 6.07) is 12.7. The minimum atomic E-state index is -0.222. The molecule has 106 valence electrons. The highest BCUT2D eigenvalue weighted by molar-refractivity contribution is 5.81. The lowest BCUT2D eigenvalue weighted by Gasteiger charge is -2.04. The largest absolute Gasteiger partial charge is 0.358 e. The molecule has 0 unspecified atom stereocenters. The van der Waals surface area contributed by atoms with Crippen molar-refractivity contribution in [3.63, 3.8) is 0 Å². The Morgan fingerprint density at radius 2 is 1.62 bits per heavy atom. The summed E-state index contributed by atoms with van der Waals surface area (Å²) in [7, 11) is 0. The third kappa shape index (κ3) is 2.72. The van der Waals surface area contributed by atoms with Gasteiger partial charge >= 0.3 is 0 Å². The Morgan fingerprint density at radius 3 is 2.24 bits per heavy atom. The van der Waals surface area contributed by atoms with Crippen LogP contribution in [0.2, 0.25) is 0 Å². The Kier molecular flexibility index (Phi) is 3.57. The van der Waals surface area contributed by atoms with E-state index in [4.69, 9.17) is 0 Å². The van der Waals surface area contributed by atoms with Crippen molar-refractivity contribution in [1.82, 2.24) is 9.97 Å². The Morgan fingerprint density at radius 1 is 0.952 bits per heavy atom. The van der Waals surface area contributed by atoms with E-state index in [-0.39, 0.29) is 5.82 Å². The van der Waals surface area contributed by atoms with Crippen LogP contribution in [-0.4, -0.2) is 9.97 Å². The number of H-pyrrole nitrogens is 1. The number of hydrogen-bond acceptors (Lipinski definition) is 1. The summed E-state index contributed by atoms with van der Waals surface area (Å²) >= 11 is 0. The Balaban J connectivity index is 2.16. The molecule has 0 amide bonds. The standard InChI is InChI=1S/C18H17FN2/c1-12(2)17-11-16(13-7-9-20-10-8-13)18(21-17)14-3-5-15(19)6-4-14/h3-12,21H,1-2H3. The van der Waals surface area contributed by atoms with Crippen LogP contribution in [0.25, 0.3) is 22.4 Å². The van der Waals surface area contributed by atoms with Gasteiger partial charge in [-0.2, -0.15) is 0 Å². The van der Waals surface area contributed by atoms with Gasteiger partial charge in [0.15, 0.2) is 0 Å². The third-order valence-electron chi connectivity index (χ3n) is 3.58. The van der Waals surface area contributed by atoms with Gasteiger partial charge in [0.05, 0.1) is 5.69 Å². The van der Waals surface area contributed by atoms with Gasteiger partial charge in [-0.25, -0.2) is 4.39 Å². The van der Waals surface area contributed by atoms with E-state index in [1.54, 1.807) is 24.5 Å². The van der Waals surface area contributed by atoms with E-state index in [1.165, 1.54) is 17.8 Å². The van der Waals surface area contributed by atoms with Gasteiger partial charge in [0.25, 0.3) is 0 Å². The molecule has 0 aliphatic carbocycles. The average Bonchev–Trinajstić information content (AvgIpc) is 2.94. The van der Waals surface area contributed by atoms with E-state index < -0.39 is 0 Å². The summed E-state index contributed by atoms with van der Waals surface area (Å²) in [6.07, 6.45) is 3.57. The SMILES string of the molecule is CC(C)c1cc(-c2ccncc2)c(-c2ccc(F)cc2)[nH]1. The summed E-state index contributed by atoms with van der Waals surface area (Å²) in [4.78, 5) is 7.54. The molecule has 2 nitrogen and oxygen atoms in total. The molecule has 0 spiro atoms. The molecular formula is C18H17FN2. The van der Waals surface area contributed by atoms with Gasteiger partial charge in [-0.1, -0.05) is 13.8 Å². The lowest BCUT2D eigenvalue weighted by molar-refractivity contribution is 0.628. The zero-order chi connectivity index (χ0) is 14.8. The number of nitrogens with zero attached hydrogens (tertiary/aromatic N) is 1. The molecule has 0 saturated heterocycles. The van der Waals surface area contributed by atoms with E-state index in [0.717, 1.165) is 22.4 Å². The zero-order valence-electron chi connectivity index (χ0n) is 12.1. The van der Waals surface area contributed by atoms with Crippen molar-refractivity contribution < 1.29 is 4.39 Å². The molecule has 3 heteroatoms. The topological polar surface area (TPSA) is 28.7 Å². The second kappa shape index (κ2) is 5.52. The molecule has 0 radical (unpaired) electrons. The first-order valence-electron chi connectivity index (χ1n) is 7.04. The molecular weight excluding hydrogens is 263 g/mol. The fourth-order valence-corrected chi connectivity index (χ4v) is 2.39. The molecule has 0 saturated carbocycles. The maximum absolute atomic E-state index is 13.1. The molecule has 21 heavy (non-hydrogen) atoms. The Bertz CT molecular complexity index is 728. The van der Waals surface area contributed by atoms with Gasteiger partial charge in [-0.05, 0) is 59.5 Å². The quantitative estimate of drug-likeness (QED) is 0.718. The molecule has 0 aliphatic heterocycles. The van der Waals surface area contributed by atoms with Crippen LogP contribution in [-0.2, 0) is 0 Å². The molecule has 3 rings (SSSR count). The highest BCUT2D eigenvalue weighted by Crippen LogP contribution is 2.34. The summed E-state index contributed by atoms with van der Waals surface area (Å²) in [5.74, 6) is 0.180. The van der Waals surface area contributed by atoms with Gasteiger partial charge in [0.2, 0.25) is 0 Å². The van der Waals surface area contributed by atoms with E-state index >= 15 is 0 Å². The highest BCUT2D eigenvalue weighted by atomic mass is 19.1. The van der Waals surface area contributed by atoms with Crippen LogP contribution in [0.4, 0.5) is 4.39 Å². The zero-order valence-corrected chi connectivity index (χ0v) is 12.1. The lowest BCUT2D eigenvalue weighted by atomic mass is 10.0. The van der Waals surface area contributed by atoms with E-state index in [2.05, 4.69) is 29.9 Å². The normalized spacial score (nSPS) is 11.0. The van der Waals surface area contributed by atoms with E-state index in [1.807, 2.05) is 12.1 Å². The maximum Gasteiger partial charge on any atom is 0.123 e. The van der Waals surface area contributed by atoms with Gasteiger partial charge in [0, 0.05) is 23.7 Å². The second-order valence-corrected chi connectivity index (χ2v) is 5.41. The molecule has 3 aromatic rings. The predicted octanol–water partition coefficient (Wildman–Crippen LogP) is 5.01. The van der Waals surface area contributed by atoms with E-state index in [9.17, 15) is 4.39 Å².